The lowest BCUT2D eigenvalue weighted by Gasteiger charge is -2.06. The first-order chi connectivity index (χ1) is 6.56. The van der Waals surface area contributed by atoms with Crippen LogP contribution in [0.25, 0.3) is 5.03 Å². The van der Waals surface area contributed by atoms with Crippen LogP contribution in [-0.2, 0) is 5.88 Å². The molecule has 1 rings (SSSR count). The molecule has 0 aliphatic rings. The number of rotatable bonds is 2. The summed E-state index contributed by atoms with van der Waals surface area (Å²) in [4.78, 5) is 0. The van der Waals surface area contributed by atoms with Gasteiger partial charge in [-0.3, -0.25) is 0 Å². The summed E-state index contributed by atoms with van der Waals surface area (Å²) in [5, 5.41) is 0.359. The summed E-state index contributed by atoms with van der Waals surface area (Å²) in [6, 6.07) is 5.76. The van der Waals surface area contributed by atoms with Gasteiger partial charge in [0.2, 0.25) is 0 Å². The van der Waals surface area contributed by atoms with E-state index in [1.54, 1.807) is 0 Å². The quantitative estimate of drug-likeness (QED) is 0.657. The molecule has 76 valence electrons. The van der Waals surface area contributed by atoms with Crippen molar-refractivity contribution < 1.29 is 0 Å². The molecule has 1 aromatic carbocycles. The van der Waals surface area contributed by atoms with E-state index in [1.807, 2.05) is 25.1 Å². The summed E-state index contributed by atoms with van der Waals surface area (Å²) in [5.74, 6) is 0.442. The number of hydrogen-bond donors (Lipinski definition) is 0. The molecule has 0 N–H and O–H groups in total. The molecular weight excluding hydrogens is 262 g/mol. The van der Waals surface area contributed by atoms with Gasteiger partial charge in [0.05, 0.1) is 5.03 Å². The Bertz CT molecular complexity index is 364. The predicted octanol–water partition coefficient (Wildman–Crippen LogP) is 5.08. The van der Waals surface area contributed by atoms with E-state index in [-0.39, 0.29) is 4.49 Å². The van der Waals surface area contributed by atoms with Gasteiger partial charge in [0, 0.05) is 5.88 Å². The molecule has 0 aliphatic heterocycles. The molecule has 0 unspecified atom stereocenters. The van der Waals surface area contributed by atoms with Gasteiger partial charge in [0.15, 0.2) is 0 Å². The van der Waals surface area contributed by atoms with Gasteiger partial charge in [-0.2, -0.15) is 0 Å². The second kappa shape index (κ2) is 5.27. The van der Waals surface area contributed by atoms with E-state index >= 15 is 0 Å². The summed E-state index contributed by atoms with van der Waals surface area (Å²) >= 11 is 22.9. The van der Waals surface area contributed by atoms with Crippen molar-refractivity contribution >= 4 is 51.4 Å². The highest BCUT2D eigenvalue weighted by atomic mass is 35.5. The van der Waals surface area contributed by atoms with Crippen LogP contribution in [0.15, 0.2) is 22.7 Å². The van der Waals surface area contributed by atoms with Crippen molar-refractivity contribution in [2.75, 3.05) is 0 Å². The maximum Gasteiger partial charge on any atom is 0.126 e. The maximum atomic E-state index is 5.95. The summed E-state index contributed by atoms with van der Waals surface area (Å²) < 4.78 is 0.0708. The Labute approximate surface area is 103 Å². The van der Waals surface area contributed by atoms with Crippen LogP contribution in [0.4, 0.5) is 0 Å². The van der Waals surface area contributed by atoms with Crippen LogP contribution < -0.4 is 0 Å². The fourth-order valence-corrected chi connectivity index (χ4v) is 1.66. The van der Waals surface area contributed by atoms with Crippen LogP contribution in [0, 0.1) is 6.92 Å². The molecule has 0 amide bonds. The third kappa shape index (κ3) is 2.80. The van der Waals surface area contributed by atoms with Crippen molar-refractivity contribution in [3.63, 3.8) is 0 Å². The minimum atomic E-state index is 0.0708. The molecule has 1 aromatic rings. The normalized spacial score (nSPS) is 10.1. The van der Waals surface area contributed by atoms with Gasteiger partial charge in [0.25, 0.3) is 0 Å². The number of aryl methyl sites for hydroxylation is 1. The van der Waals surface area contributed by atoms with Gasteiger partial charge in [-0.05, 0) is 29.7 Å². The van der Waals surface area contributed by atoms with E-state index in [0.717, 1.165) is 16.7 Å². The molecule has 0 atom stereocenters. The van der Waals surface area contributed by atoms with E-state index in [4.69, 9.17) is 46.4 Å². The Hall–Kier alpha value is 0.120. The Morgan fingerprint density at radius 2 is 1.86 bits per heavy atom. The molecule has 0 radical (unpaired) electrons. The molecule has 0 aliphatic carbocycles. The topological polar surface area (TPSA) is 0 Å². The minimum absolute atomic E-state index is 0.0708. The number of hydrogen-bond acceptors (Lipinski definition) is 0. The molecule has 4 heteroatoms. The van der Waals surface area contributed by atoms with Crippen molar-refractivity contribution in [3.8, 4) is 0 Å². The molecule has 14 heavy (non-hydrogen) atoms. The molecule has 0 saturated carbocycles. The molecule has 0 aromatic heterocycles. The van der Waals surface area contributed by atoms with E-state index < -0.39 is 0 Å². The molecule has 0 spiro atoms. The molecule has 0 heterocycles. The molecule has 0 saturated heterocycles. The van der Waals surface area contributed by atoms with E-state index in [2.05, 4.69) is 0 Å². The average molecular weight is 270 g/mol. The fourth-order valence-electron chi connectivity index (χ4n) is 1.09. The van der Waals surface area contributed by atoms with Crippen molar-refractivity contribution in [1.82, 2.24) is 0 Å². The molecular formula is C10H8Cl4. The lowest BCUT2D eigenvalue weighted by atomic mass is 10.1. The number of halogens is 4. The van der Waals surface area contributed by atoms with Crippen molar-refractivity contribution in [2.45, 2.75) is 12.8 Å². The molecule has 0 nitrogen and oxygen atoms in total. The summed E-state index contributed by atoms with van der Waals surface area (Å²) in [5.41, 5.74) is 2.83. The van der Waals surface area contributed by atoms with Crippen LogP contribution in [0.2, 0.25) is 0 Å². The first kappa shape index (κ1) is 12.2. The van der Waals surface area contributed by atoms with E-state index in [9.17, 15) is 0 Å². The lowest BCUT2D eigenvalue weighted by molar-refractivity contribution is 1.34. The predicted molar refractivity (Wildman–Crippen MR) is 65.2 cm³/mol. The summed E-state index contributed by atoms with van der Waals surface area (Å²) in [7, 11) is 0. The van der Waals surface area contributed by atoms with Crippen molar-refractivity contribution in [1.29, 1.82) is 0 Å². The van der Waals surface area contributed by atoms with Gasteiger partial charge < -0.3 is 0 Å². The van der Waals surface area contributed by atoms with Crippen molar-refractivity contribution in [2.24, 2.45) is 0 Å². The lowest BCUT2D eigenvalue weighted by Crippen LogP contribution is -1.87. The van der Waals surface area contributed by atoms with Crippen LogP contribution in [0.5, 0.6) is 0 Å². The number of benzene rings is 1. The highest BCUT2D eigenvalue weighted by Crippen LogP contribution is 2.30. The van der Waals surface area contributed by atoms with Gasteiger partial charge in [-0.25, -0.2) is 0 Å². The zero-order valence-electron chi connectivity index (χ0n) is 7.45. The Morgan fingerprint density at radius 1 is 1.21 bits per heavy atom. The monoisotopic (exact) mass is 268 g/mol. The van der Waals surface area contributed by atoms with Crippen LogP contribution in [0.1, 0.15) is 16.7 Å². The van der Waals surface area contributed by atoms with Crippen molar-refractivity contribution in [3.05, 3.63) is 39.4 Å². The standard InChI is InChI=1S/C10H8Cl4/c1-6-2-3-7(5-11)4-8(6)9(12)10(13)14/h2-4H,5H2,1H3. The Morgan fingerprint density at radius 3 is 2.36 bits per heavy atom. The summed E-state index contributed by atoms with van der Waals surface area (Å²) in [6.07, 6.45) is 0. The SMILES string of the molecule is Cc1ccc(CCl)cc1C(Cl)=C(Cl)Cl. The second-order valence-corrected chi connectivity index (χ2v) is 4.45. The van der Waals surface area contributed by atoms with Gasteiger partial charge in [0.1, 0.15) is 4.49 Å². The third-order valence-electron chi connectivity index (χ3n) is 1.86. The van der Waals surface area contributed by atoms with E-state index in [1.165, 1.54) is 0 Å². The molecule has 0 fully saturated rings. The number of alkyl halides is 1. The van der Waals surface area contributed by atoms with Gasteiger partial charge in [-0.1, -0.05) is 46.9 Å². The van der Waals surface area contributed by atoms with E-state index in [0.29, 0.717) is 10.9 Å². The Kier molecular flexibility index (Phi) is 4.59. The maximum absolute atomic E-state index is 5.95. The Balaban J connectivity index is 3.26. The summed E-state index contributed by atoms with van der Waals surface area (Å²) in [6.45, 7) is 1.94. The average Bonchev–Trinajstić information content (AvgIpc) is 2.17. The van der Waals surface area contributed by atoms with Crippen LogP contribution >= 0.6 is 46.4 Å². The fraction of sp³-hybridized carbons (Fsp3) is 0.200. The zero-order chi connectivity index (χ0) is 10.7. The zero-order valence-corrected chi connectivity index (χ0v) is 10.5. The van der Waals surface area contributed by atoms with Gasteiger partial charge >= 0.3 is 0 Å². The first-order valence-electron chi connectivity index (χ1n) is 3.93. The van der Waals surface area contributed by atoms with Crippen LogP contribution in [0.3, 0.4) is 0 Å². The highest BCUT2D eigenvalue weighted by Gasteiger charge is 2.07. The second-order valence-electron chi connectivity index (χ2n) is 2.86. The largest absolute Gasteiger partial charge is 0.126 e. The van der Waals surface area contributed by atoms with Gasteiger partial charge in [-0.15, -0.1) is 11.6 Å². The van der Waals surface area contributed by atoms with Crippen LogP contribution in [-0.4, -0.2) is 0 Å². The minimum Gasteiger partial charge on any atom is -0.122 e. The first-order valence-corrected chi connectivity index (χ1v) is 5.59. The third-order valence-corrected chi connectivity index (χ3v) is 3.13. The highest BCUT2D eigenvalue weighted by molar-refractivity contribution is 6.66. The smallest absolute Gasteiger partial charge is 0.122 e. The molecule has 0 bridgehead atoms.